The SMILES string of the molecule is O.O.O.[F][Cr]. The van der Waals surface area contributed by atoms with E-state index in [9.17, 15) is 3.52 Å². The molecule has 0 aromatic carbocycles. The molecule has 5 heteroatoms. The summed E-state index contributed by atoms with van der Waals surface area (Å²) in [7, 11) is 0. The summed E-state index contributed by atoms with van der Waals surface area (Å²) in [5.74, 6) is 0. The van der Waals surface area contributed by atoms with Crippen LogP contribution in [0, 0.1) is 0 Å². The van der Waals surface area contributed by atoms with Crippen LogP contribution in [0.2, 0.25) is 0 Å². The third-order valence-corrected chi connectivity index (χ3v) is 0. The van der Waals surface area contributed by atoms with Gasteiger partial charge in [0.2, 0.25) is 0 Å². The van der Waals surface area contributed by atoms with E-state index in [0.717, 1.165) is 16.7 Å². The van der Waals surface area contributed by atoms with E-state index < -0.39 is 0 Å². The van der Waals surface area contributed by atoms with E-state index in [1.165, 1.54) is 0 Å². The molecule has 0 aromatic heterocycles. The van der Waals surface area contributed by atoms with Crippen LogP contribution in [-0.2, 0) is 16.7 Å². The van der Waals surface area contributed by atoms with Crippen molar-refractivity contribution >= 4 is 0 Å². The molecule has 0 aromatic rings. The van der Waals surface area contributed by atoms with E-state index in [2.05, 4.69) is 0 Å². The first-order chi connectivity index (χ1) is 1.00. The van der Waals surface area contributed by atoms with Gasteiger partial charge in [-0.2, -0.15) is 0 Å². The first-order valence-electron chi connectivity index (χ1n) is 0.154. The summed E-state index contributed by atoms with van der Waals surface area (Å²) in [5, 5.41) is 0. The molecular weight excluding hydrogens is 119 g/mol. The fourth-order valence-corrected chi connectivity index (χ4v) is 0. The molecule has 0 spiro atoms. The van der Waals surface area contributed by atoms with Crippen molar-refractivity contribution in [1.29, 1.82) is 0 Å². The zero-order chi connectivity index (χ0) is 2.00. The monoisotopic (exact) mass is 125 g/mol. The number of hydrogen-bond donors (Lipinski definition) is 0. The third kappa shape index (κ3) is 203. The standard InChI is InChI=1S/Cr.FH.3H2O/h;1H;3*1H2/q+1;;;;/p-1. The zero-order valence-corrected chi connectivity index (χ0v) is 3.56. The molecule has 0 saturated carbocycles. The molecule has 0 saturated heterocycles. The Morgan fingerprint density at radius 2 is 0.800 bits per heavy atom. The van der Waals surface area contributed by atoms with Gasteiger partial charge in [-0.15, -0.1) is 0 Å². The van der Waals surface area contributed by atoms with Crippen LogP contribution in [0.25, 0.3) is 0 Å². The van der Waals surface area contributed by atoms with Gasteiger partial charge in [0.25, 0.3) is 0 Å². The van der Waals surface area contributed by atoms with Crippen molar-refractivity contribution in [2.75, 3.05) is 0 Å². The van der Waals surface area contributed by atoms with Gasteiger partial charge in [-0.3, -0.25) is 0 Å². The molecule has 37 valence electrons. The number of halogens is 1. The summed E-state index contributed by atoms with van der Waals surface area (Å²) < 4.78 is 9.38. The van der Waals surface area contributed by atoms with Crippen LogP contribution in [0.4, 0.5) is 3.52 Å². The quantitative estimate of drug-likeness (QED) is 0.356. The third-order valence-electron chi connectivity index (χ3n) is 0. The molecule has 0 bridgehead atoms. The summed E-state index contributed by atoms with van der Waals surface area (Å²) in [5.41, 5.74) is 0. The van der Waals surface area contributed by atoms with Crippen LogP contribution in [0.15, 0.2) is 0 Å². The van der Waals surface area contributed by atoms with Gasteiger partial charge in [0.15, 0.2) is 0 Å². The molecule has 0 unspecified atom stereocenters. The van der Waals surface area contributed by atoms with Crippen molar-refractivity contribution in [3.05, 3.63) is 0 Å². The van der Waals surface area contributed by atoms with Crippen molar-refractivity contribution in [1.82, 2.24) is 0 Å². The van der Waals surface area contributed by atoms with Gasteiger partial charge in [0.05, 0.1) is 0 Å². The molecule has 0 aliphatic rings. The average molecular weight is 125 g/mol. The van der Waals surface area contributed by atoms with Crippen molar-refractivity contribution in [2.24, 2.45) is 0 Å². The van der Waals surface area contributed by atoms with E-state index in [1.54, 1.807) is 0 Å². The predicted octanol–water partition coefficient (Wildman–Crippen LogP) is -2.06. The molecule has 0 fully saturated rings. The second-order valence-corrected chi connectivity index (χ2v) is 0. The Balaban J connectivity index is -0.00000000167. The maximum absolute atomic E-state index is 9.38. The number of rotatable bonds is 0. The molecular formula is H6CrFO3. The van der Waals surface area contributed by atoms with E-state index in [-0.39, 0.29) is 16.4 Å². The molecule has 0 rings (SSSR count). The van der Waals surface area contributed by atoms with Gasteiger partial charge in [0.1, 0.15) is 0 Å². The minimum absolute atomic E-state index is 0. The fourth-order valence-electron chi connectivity index (χ4n) is 0. The topological polar surface area (TPSA) is 94.5 Å². The van der Waals surface area contributed by atoms with E-state index >= 15 is 0 Å². The Bertz CT molecular complexity index is 6.85. The fraction of sp³-hybridized carbons (Fsp3) is 0. The molecule has 0 atom stereocenters. The van der Waals surface area contributed by atoms with Crippen molar-refractivity contribution in [2.45, 2.75) is 0 Å². The molecule has 0 radical (unpaired) electrons. The molecule has 0 heterocycles. The molecule has 6 N–H and O–H groups in total. The normalized spacial score (nSPS) is 1.00. The van der Waals surface area contributed by atoms with E-state index in [4.69, 9.17) is 0 Å². The zero-order valence-electron chi connectivity index (χ0n) is 2.29. The minimum atomic E-state index is 0. The van der Waals surface area contributed by atoms with E-state index in [0.29, 0.717) is 0 Å². The molecule has 0 amide bonds. The van der Waals surface area contributed by atoms with Crippen LogP contribution in [0.3, 0.4) is 0 Å². The summed E-state index contributed by atoms with van der Waals surface area (Å²) >= 11 is 1.12. The van der Waals surface area contributed by atoms with Crippen LogP contribution < -0.4 is 0 Å². The Labute approximate surface area is 37.6 Å². The van der Waals surface area contributed by atoms with Gasteiger partial charge in [0, 0.05) is 0 Å². The van der Waals surface area contributed by atoms with Crippen molar-refractivity contribution in [3.8, 4) is 0 Å². The predicted molar refractivity (Wildman–Crippen MR) is 11.9 cm³/mol. The van der Waals surface area contributed by atoms with Gasteiger partial charge < -0.3 is 16.4 Å². The van der Waals surface area contributed by atoms with Crippen molar-refractivity contribution in [3.63, 3.8) is 0 Å². The maximum atomic E-state index is 9.38. The first-order valence-corrected chi connectivity index (χ1v) is 0.636. The second-order valence-electron chi connectivity index (χ2n) is 0. The van der Waals surface area contributed by atoms with Gasteiger partial charge in [-0.25, -0.2) is 0 Å². The van der Waals surface area contributed by atoms with Gasteiger partial charge >= 0.3 is 20.3 Å². The average Bonchev–Trinajstić information content (AvgIpc) is 1.00. The molecule has 0 aliphatic carbocycles. The van der Waals surface area contributed by atoms with Crippen LogP contribution in [0.1, 0.15) is 0 Å². The Kier molecular flexibility index (Phi) is 4620. The Morgan fingerprint density at radius 3 is 0.800 bits per heavy atom. The Morgan fingerprint density at radius 1 is 0.800 bits per heavy atom. The number of hydrogen-bond acceptors (Lipinski definition) is 0. The molecule has 5 heavy (non-hydrogen) atoms. The van der Waals surface area contributed by atoms with E-state index in [1.807, 2.05) is 0 Å². The van der Waals surface area contributed by atoms with Crippen LogP contribution in [-0.4, -0.2) is 16.4 Å². The summed E-state index contributed by atoms with van der Waals surface area (Å²) in [6.45, 7) is 0. The van der Waals surface area contributed by atoms with Gasteiger partial charge in [-0.1, -0.05) is 0 Å². The summed E-state index contributed by atoms with van der Waals surface area (Å²) in [4.78, 5) is 0. The summed E-state index contributed by atoms with van der Waals surface area (Å²) in [6, 6.07) is 0. The van der Waals surface area contributed by atoms with Crippen LogP contribution >= 0.6 is 0 Å². The van der Waals surface area contributed by atoms with Crippen LogP contribution in [0.5, 0.6) is 0 Å². The second kappa shape index (κ2) is 414. The first kappa shape index (κ1) is 55.9. The van der Waals surface area contributed by atoms with Crippen molar-refractivity contribution < 1.29 is 36.7 Å². The van der Waals surface area contributed by atoms with Gasteiger partial charge in [-0.05, 0) is 0 Å². The molecule has 3 nitrogen and oxygen atoms in total. The molecule has 0 aliphatic heterocycles. The Hall–Kier alpha value is 0.342. The summed E-state index contributed by atoms with van der Waals surface area (Å²) in [6.07, 6.45) is 0.